The first-order chi connectivity index (χ1) is 8.25. The fourth-order valence-electron chi connectivity index (χ4n) is 2.30. The first kappa shape index (κ1) is 10.9. The van der Waals surface area contributed by atoms with E-state index in [0.29, 0.717) is 10.7 Å². The van der Waals surface area contributed by atoms with Gasteiger partial charge in [0.2, 0.25) is 0 Å². The van der Waals surface area contributed by atoms with E-state index in [4.69, 9.17) is 22.1 Å². The van der Waals surface area contributed by atoms with Gasteiger partial charge in [-0.05, 0) is 31.4 Å². The number of fused-ring (bicyclic) bond motifs is 1. The van der Waals surface area contributed by atoms with Crippen LogP contribution in [0.25, 0.3) is 10.9 Å². The third kappa shape index (κ3) is 1.87. The van der Waals surface area contributed by atoms with E-state index in [1.807, 2.05) is 10.7 Å². The van der Waals surface area contributed by atoms with Gasteiger partial charge in [0.05, 0.1) is 16.7 Å². The van der Waals surface area contributed by atoms with Gasteiger partial charge in [-0.2, -0.15) is 5.10 Å². The number of ether oxygens (including phenoxy) is 1. The lowest BCUT2D eigenvalue weighted by atomic mass is 10.2. The number of nitrogen functional groups attached to an aromatic ring is 1. The molecule has 1 atom stereocenters. The maximum atomic E-state index is 6.23. The molecule has 17 heavy (non-hydrogen) atoms. The van der Waals surface area contributed by atoms with Gasteiger partial charge in [-0.3, -0.25) is 0 Å². The molecule has 5 heteroatoms. The van der Waals surface area contributed by atoms with Crippen LogP contribution in [0.5, 0.6) is 0 Å². The number of rotatable bonds is 1. The van der Waals surface area contributed by atoms with Gasteiger partial charge in [0.25, 0.3) is 0 Å². The molecule has 1 aliphatic heterocycles. The smallest absolute Gasteiger partial charge is 0.150 e. The Morgan fingerprint density at radius 1 is 1.41 bits per heavy atom. The summed E-state index contributed by atoms with van der Waals surface area (Å²) in [7, 11) is 0. The molecule has 0 bridgehead atoms. The van der Waals surface area contributed by atoms with Gasteiger partial charge in [0.15, 0.2) is 6.23 Å². The molecule has 3 rings (SSSR count). The summed E-state index contributed by atoms with van der Waals surface area (Å²) in [6.07, 6.45) is 5.06. The zero-order valence-corrected chi connectivity index (χ0v) is 10.2. The molecule has 0 unspecified atom stereocenters. The lowest BCUT2D eigenvalue weighted by molar-refractivity contribution is -0.0366. The number of nitrogens with two attached hydrogens (primary N) is 1. The van der Waals surface area contributed by atoms with Gasteiger partial charge in [-0.25, -0.2) is 4.68 Å². The summed E-state index contributed by atoms with van der Waals surface area (Å²) in [5.41, 5.74) is 7.33. The highest BCUT2D eigenvalue weighted by Crippen LogP contribution is 2.31. The maximum Gasteiger partial charge on any atom is 0.150 e. The fourth-order valence-corrected chi connectivity index (χ4v) is 2.62. The van der Waals surface area contributed by atoms with Crippen LogP contribution in [-0.4, -0.2) is 16.4 Å². The predicted octanol–water partition coefficient (Wildman–Crippen LogP) is 2.97. The minimum atomic E-state index is 0.00220. The number of benzene rings is 1. The summed E-state index contributed by atoms with van der Waals surface area (Å²) < 4.78 is 7.60. The summed E-state index contributed by atoms with van der Waals surface area (Å²) in [5.74, 6) is 0. The summed E-state index contributed by atoms with van der Waals surface area (Å²) in [4.78, 5) is 0. The Morgan fingerprint density at radius 3 is 3.06 bits per heavy atom. The molecule has 0 amide bonds. The molecule has 1 aromatic carbocycles. The van der Waals surface area contributed by atoms with E-state index >= 15 is 0 Å². The monoisotopic (exact) mass is 251 g/mol. The van der Waals surface area contributed by atoms with Crippen LogP contribution in [0.15, 0.2) is 18.3 Å². The van der Waals surface area contributed by atoms with E-state index in [-0.39, 0.29) is 6.23 Å². The van der Waals surface area contributed by atoms with Gasteiger partial charge in [-0.15, -0.1) is 0 Å². The van der Waals surface area contributed by atoms with Crippen molar-refractivity contribution in [3.05, 3.63) is 23.4 Å². The molecule has 1 aromatic heterocycles. The van der Waals surface area contributed by atoms with Crippen molar-refractivity contribution in [3.8, 4) is 0 Å². The number of hydrogen-bond acceptors (Lipinski definition) is 3. The first-order valence-electron chi connectivity index (χ1n) is 5.79. The minimum absolute atomic E-state index is 0.00220. The zero-order valence-electron chi connectivity index (χ0n) is 9.40. The van der Waals surface area contributed by atoms with E-state index in [2.05, 4.69) is 5.10 Å². The van der Waals surface area contributed by atoms with Crippen LogP contribution >= 0.6 is 11.6 Å². The summed E-state index contributed by atoms with van der Waals surface area (Å²) in [6, 6.07) is 3.64. The first-order valence-corrected chi connectivity index (χ1v) is 6.17. The molecule has 0 spiro atoms. The number of halogens is 1. The van der Waals surface area contributed by atoms with Crippen molar-refractivity contribution >= 4 is 28.2 Å². The largest absolute Gasteiger partial charge is 0.399 e. The lowest BCUT2D eigenvalue weighted by Crippen LogP contribution is -2.19. The van der Waals surface area contributed by atoms with Crippen molar-refractivity contribution in [1.29, 1.82) is 0 Å². The molecular formula is C12H14ClN3O. The Morgan fingerprint density at radius 2 is 2.29 bits per heavy atom. The normalized spacial score (nSPS) is 20.9. The number of aromatic nitrogens is 2. The molecule has 90 valence electrons. The van der Waals surface area contributed by atoms with E-state index in [1.54, 1.807) is 12.3 Å². The molecule has 0 aliphatic carbocycles. The SMILES string of the molecule is Nc1cc(Cl)c2c(cnn2[C@@H]2CCCCO2)c1. The van der Waals surface area contributed by atoms with Crippen LogP contribution in [0.4, 0.5) is 5.69 Å². The summed E-state index contributed by atoms with van der Waals surface area (Å²) >= 11 is 6.23. The second-order valence-electron chi connectivity index (χ2n) is 4.35. The van der Waals surface area contributed by atoms with Gasteiger partial charge in [0, 0.05) is 17.7 Å². The Labute approximate surface area is 104 Å². The highest BCUT2D eigenvalue weighted by Gasteiger charge is 2.19. The van der Waals surface area contributed by atoms with Gasteiger partial charge < -0.3 is 10.5 Å². The van der Waals surface area contributed by atoms with Crippen molar-refractivity contribution < 1.29 is 4.74 Å². The molecule has 0 saturated carbocycles. The molecule has 2 aromatic rings. The van der Waals surface area contributed by atoms with Crippen LogP contribution in [0, 0.1) is 0 Å². The lowest BCUT2D eigenvalue weighted by Gasteiger charge is -2.23. The number of nitrogens with zero attached hydrogens (tertiary/aromatic N) is 2. The maximum absolute atomic E-state index is 6.23. The molecule has 1 saturated heterocycles. The summed E-state index contributed by atoms with van der Waals surface area (Å²) in [5, 5.41) is 5.97. The molecule has 4 nitrogen and oxygen atoms in total. The van der Waals surface area contributed by atoms with E-state index in [0.717, 1.165) is 30.4 Å². The van der Waals surface area contributed by atoms with Gasteiger partial charge >= 0.3 is 0 Å². The number of hydrogen-bond donors (Lipinski definition) is 1. The van der Waals surface area contributed by atoms with E-state index < -0.39 is 0 Å². The van der Waals surface area contributed by atoms with Crippen molar-refractivity contribution in [2.24, 2.45) is 0 Å². The standard InChI is InChI=1S/C12H14ClN3O/c13-10-6-9(14)5-8-7-15-16(12(8)10)11-3-1-2-4-17-11/h5-7,11H,1-4,14H2/t11-/m0/s1. The van der Waals surface area contributed by atoms with Crippen molar-refractivity contribution in [1.82, 2.24) is 9.78 Å². The molecule has 1 aliphatic rings. The molecular weight excluding hydrogens is 238 g/mol. The van der Waals surface area contributed by atoms with Crippen LogP contribution in [0.1, 0.15) is 25.5 Å². The third-order valence-corrected chi connectivity index (χ3v) is 3.38. The van der Waals surface area contributed by atoms with Gasteiger partial charge in [-0.1, -0.05) is 11.6 Å². The highest BCUT2D eigenvalue weighted by molar-refractivity contribution is 6.35. The van der Waals surface area contributed by atoms with E-state index in [9.17, 15) is 0 Å². The summed E-state index contributed by atoms with van der Waals surface area (Å²) in [6.45, 7) is 0.790. The van der Waals surface area contributed by atoms with Crippen LogP contribution < -0.4 is 5.73 Å². The van der Waals surface area contributed by atoms with Crippen LogP contribution in [0.2, 0.25) is 5.02 Å². The Balaban J connectivity index is 2.10. The third-order valence-electron chi connectivity index (χ3n) is 3.09. The van der Waals surface area contributed by atoms with E-state index in [1.165, 1.54) is 6.42 Å². The van der Waals surface area contributed by atoms with Crippen molar-refractivity contribution in [2.75, 3.05) is 12.3 Å². The van der Waals surface area contributed by atoms with Crippen LogP contribution in [-0.2, 0) is 4.74 Å². The fraction of sp³-hybridized carbons (Fsp3) is 0.417. The molecule has 2 heterocycles. The Kier molecular flexibility index (Phi) is 2.68. The zero-order chi connectivity index (χ0) is 11.8. The average Bonchev–Trinajstić information content (AvgIpc) is 2.74. The topological polar surface area (TPSA) is 53.1 Å². The highest BCUT2D eigenvalue weighted by atomic mass is 35.5. The van der Waals surface area contributed by atoms with Crippen molar-refractivity contribution in [3.63, 3.8) is 0 Å². The Hall–Kier alpha value is -1.26. The minimum Gasteiger partial charge on any atom is -0.399 e. The molecule has 0 radical (unpaired) electrons. The predicted molar refractivity (Wildman–Crippen MR) is 68.0 cm³/mol. The van der Waals surface area contributed by atoms with Crippen molar-refractivity contribution in [2.45, 2.75) is 25.5 Å². The van der Waals surface area contributed by atoms with Gasteiger partial charge in [0.1, 0.15) is 0 Å². The average molecular weight is 252 g/mol. The van der Waals surface area contributed by atoms with Crippen LogP contribution in [0.3, 0.4) is 0 Å². The molecule has 2 N–H and O–H groups in total. The molecule has 1 fully saturated rings. The second kappa shape index (κ2) is 4.20. The second-order valence-corrected chi connectivity index (χ2v) is 4.76. The quantitative estimate of drug-likeness (QED) is 0.793. The Bertz CT molecular complexity index is 546. The number of anilines is 1.